The van der Waals surface area contributed by atoms with Gasteiger partial charge in [0.15, 0.2) is 11.2 Å². The number of hydrogen-bond donors (Lipinski definition) is 0. The van der Waals surface area contributed by atoms with E-state index in [9.17, 15) is 0 Å². The molecular weight excluding hydrogens is 286 g/mol. The van der Waals surface area contributed by atoms with E-state index in [2.05, 4.69) is 32.4 Å². The second-order valence-electron chi connectivity index (χ2n) is 5.32. The Hall–Kier alpha value is -3.08. The Labute approximate surface area is 133 Å². The van der Waals surface area contributed by atoms with Gasteiger partial charge in [0.05, 0.1) is 11.9 Å². The summed E-state index contributed by atoms with van der Waals surface area (Å²) < 4.78 is 1.75. The van der Waals surface area contributed by atoms with Gasteiger partial charge in [-0.05, 0) is 24.1 Å². The average Bonchev–Trinajstić information content (AvgIpc) is 3.05. The van der Waals surface area contributed by atoms with Crippen molar-refractivity contribution in [1.29, 1.82) is 0 Å². The van der Waals surface area contributed by atoms with E-state index >= 15 is 0 Å². The van der Waals surface area contributed by atoms with Crippen molar-refractivity contribution in [3.63, 3.8) is 0 Å². The molecule has 0 radical (unpaired) electrons. The molecule has 0 saturated heterocycles. The quantitative estimate of drug-likeness (QED) is 0.581. The van der Waals surface area contributed by atoms with Crippen molar-refractivity contribution in [2.75, 3.05) is 0 Å². The molecule has 4 rings (SSSR count). The average molecular weight is 301 g/mol. The predicted octanol–water partition coefficient (Wildman–Crippen LogP) is 3.00. The van der Waals surface area contributed by atoms with Gasteiger partial charge in [0.1, 0.15) is 5.82 Å². The lowest BCUT2D eigenvalue weighted by atomic mass is 10.1. The Morgan fingerprint density at radius 2 is 1.57 bits per heavy atom. The summed E-state index contributed by atoms with van der Waals surface area (Å²) in [6.45, 7) is 0. The number of rotatable bonds is 4. The fourth-order valence-corrected chi connectivity index (χ4v) is 2.53. The summed E-state index contributed by atoms with van der Waals surface area (Å²) >= 11 is 0. The zero-order valence-electron chi connectivity index (χ0n) is 12.5. The van der Waals surface area contributed by atoms with Crippen LogP contribution in [0, 0.1) is 0 Å². The molecule has 2 aromatic carbocycles. The molecule has 0 bridgehead atoms. The highest BCUT2D eigenvalue weighted by molar-refractivity contribution is 5.70. The first-order valence-corrected chi connectivity index (χ1v) is 7.57. The van der Waals surface area contributed by atoms with Crippen molar-refractivity contribution in [3.8, 4) is 5.69 Å². The molecule has 0 spiro atoms. The van der Waals surface area contributed by atoms with Gasteiger partial charge in [-0.25, -0.2) is 9.97 Å². The summed E-state index contributed by atoms with van der Waals surface area (Å²) in [6.07, 6.45) is 3.45. The number of fused-ring (bicyclic) bond motifs is 1. The third-order valence-electron chi connectivity index (χ3n) is 3.72. The number of benzene rings is 2. The monoisotopic (exact) mass is 301 g/mol. The van der Waals surface area contributed by atoms with Gasteiger partial charge in [0.2, 0.25) is 0 Å². The molecule has 5 heteroatoms. The Bertz CT molecular complexity index is 916. The van der Waals surface area contributed by atoms with Gasteiger partial charge >= 0.3 is 0 Å². The van der Waals surface area contributed by atoms with Gasteiger partial charge < -0.3 is 0 Å². The first kappa shape index (κ1) is 13.6. The van der Waals surface area contributed by atoms with Gasteiger partial charge in [-0.15, -0.1) is 5.10 Å². The number of para-hydroxylation sites is 1. The lowest BCUT2D eigenvalue weighted by molar-refractivity contribution is 0.809. The van der Waals surface area contributed by atoms with Crippen molar-refractivity contribution in [2.24, 2.45) is 0 Å². The molecule has 0 N–H and O–H groups in total. The van der Waals surface area contributed by atoms with Crippen molar-refractivity contribution in [1.82, 2.24) is 25.0 Å². The lowest BCUT2D eigenvalue weighted by Gasteiger charge is -2.03. The summed E-state index contributed by atoms with van der Waals surface area (Å²) in [5.74, 6) is 0.806. The smallest absolute Gasteiger partial charge is 0.187 e. The zero-order chi connectivity index (χ0) is 15.5. The summed E-state index contributed by atoms with van der Waals surface area (Å²) in [7, 11) is 0. The van der Waals surface area contributed by atoms with Crippen molar-refractivity contribution >= 4 is 11.2 Å². The molecule has 0 aliphatic heterocycles. The molecule has 4 aromatic rings. The van der Waals surface area contributed by atoms with E-state index in [1.807, 2.05) is 48.5 Å². The molecule has 0 saturated carbocycles. The largest absolute Gasteiger partial charge is 0.239 e. The highest BCUT2D eigenvalue weighted by atomic mass is 15.4. The van der Waals surface area contributed by atoms with Crippen molar-refractivity contribution in [2.45, 2.75) is 12.8 Å². The van der Waals surface area contributed by atoms with Crippen LogP contribution in [0.25, 0.3) is 16.9 Å². The van der Waals surface area contributed by atoms with Crippen LogP contribution in [0.3, 0.4) is 0 Å². The topological polar surface area (TPSA) is 56.5 Å². The van der Waals surface area contributed by atoms with Crippen LogP contribution in [0.15, 0.2) is 66.9 Å². The first-order chi connectivity index (χ1) is 11.4. The van der Waals surface area contributed by atoms with Crippen LogP contribution >= 0.6 is 0 Å². The number of nitrogens with zero attached hydrogens (tertiary/aromatic N) is 5. The third kappa shape index (κ3) is 2.81. The lowest BCUT2D eigenvalue weighted by Crippen LogP contribution is -2.02. The second kappa shape index (κ2) is 5.96. The van der Waals surface area contributed by atoms with Crippen LogP contribution in [-0.2, 0) is 12.8 Å². The molecule has 0 atom stereocenters. The molecule has 2 heterocycles. The highest BCUT2D eigenvalue weighted by Gasteiger charge is 2.09. The van der Waals surface area contributed by atoms with Gasteiger partial charge in [0.25, 0.3) is 0 Å². The Kier molecular flexibility index (Phi) is 3.52. The van der Waals surface area contributed by atoms with E-state index in [-0.39, 0.29) is 0 Å². The van der Waals surface area contributed by atoms with Gasteiger partial charge in [-0.3, -0.25) is 0 Å². The second-order valence-corrected chi connectivity index (χ2v) is 5.32. The van der Waals surface area contributed by atoms with Crippen molar-refractivity contribution < 1.29 is 0 Å². The molecular formula is C18H15N5. The van der Waals surface area contributed by atoms with Crippen LogP contribution in [0.5, 0.6) is 0 Å². The van der Waals surface area contributed by atoms with E-state index in [0.29, 0.717) is 5.52 Å². The predicted molar refractivity (Wildman–Crippen MR) is 88.3 cm³/mol. The van der Waals surface area contributed by atoms with E-state index in [4.69, 9.17) is 0 Å². The minimum absolute atomic E-state index is 0.706. The van der Waals surface area contributed by atoms with E-state index in [1.165, 1.54) is 5.56 Å². The maximum atomic E-state index is 4.65. The van der Waals surface area contributed by atoms with E-state index < -0.39 is 0 Å². The normalized spacial score (nSPS) is 11.0. The Morgan fingerprint density at radius 1 is 0.826 bits per heavy atom. The molecule has 112 valence electrons. The molecule has 0 amide bonds. The zero-order valence-corrected chi connectivity index (χ0v) is 12.5. The molecule has 0 aliphatic rings. The first-order valence-electron chi connectivity index (χ1n) is 7.57. The maximum absolute atomic E-state index is 4.65. The molecule has 5 nitrogen and oxygen atoms in total. The van der Waals surface area contributed by atoms with Crippen LogP contribution in [-0.4, -0.2) is 25.0 Å². The van der Waals surface area contributed by atoms with Crippen LogP contribution in [0.2, 0.25) is 0 Å². The minimum atomic E-state index is 0.706. The number of hydrogen-bond acceptors (Lipinski definition) is 4. The summed E-state index contributed by atoms with van der Waals surface area (Å²) in [4.78, 5) is 9.06. The van der Waals surface area contributed by atoms with Gasteiger partial charge in [-0.1, -0.05) is 53.7 Å². The molecule has 0 unspecified atom stereocenters. The third-order valence-corrected chi connectivity index (χ3v) is 3.72. The van der Waals surface area contributed by atoms with Crippen LogP contribution < -0.4 is 0 Å². The van der Waals surface area contributed by atoms with Crippen LogP contribution in [0.4, 0.5) is 0 Å². The van der Waals surface area contributed by atoms with Gasteiger partial charge in [0, 0.05) is 6.42 Å². The summed E-state index contributed by atoms with van der Waals surface area (Å²) in [5.41, 5.74) is 3.68. The Morgan fingerprint density at radius 3 is 2.35 bits per heavy atom. The number of aromatic nitrogens is 5. The number of aryl methyl sites for hydroxylation is 2. The summed E-state index contributed by atoms with van der Waals surface area (Å²) in [6, 6.07) is 20.3. The van der Waals surface area contributed by atoms with Crippen LogP contribution in [0.1, 0.15) is 11.4 Å². The molecule has 0 fully saturated rings. The maximum Gasteiger partial charge on any atom is 0.187 e. The fourth-order valence-electron chi connectivity index (χ4n) is 2.53. The van der Waals surface area contributed by atoms with E-state index in [0.717, 1.165) is 30.0 Å². The van der Waals surface area contributed by atoms with Gasteiger partial charge in [-0.2, -0.15) is 4.68 Å². The standard InChI is InChI=1S/C18H15N5/c1-3-7-14(8-4-1)11-12-17-19-13-16-18(20-17)23(22-21-16)15-9-5-2-6-10-15/h1-10,13H,11-12H2. The SMILES string of the molecule is c1ccc(CCc2ncc3nnn(-c4ccccc4)c3n2)cc1. The molecule has 23 heavy (non-hydrogen) atoms. The Balaban J connectivity index is 1.65. The fraction of sp³-hybridized carbons (Fsp3) is 0.111. The minimum Gasteiger partial charge on any atom is -0.239 e. The molecule has 2 aromatic heterocycles. The van der Waals surface area contributed by atoms with Crippen molar-refractivity contribution in [3.05, 3.63) is 78.2 Å². The van der Waals surface area contributed by atoms with E-state index in [1.54, 1.807) is 10.9 Å². The summed E-state index contributed by atoms with van der Waals surface area (Å²) in [5, 5.41) is 8.33. The highest BCUT2D eigenvalue weighted by Crippen LogP contribution is 2.14. The molecule has 0 aliphatic carbocycles.